The van der Waals surface area contributed by atoms with E-state index in [1.54, 1.807) is 4.90 Å². The van der Waals surface area contributed by atoms with Crippen molar-refractivity contribution in [2.75, 3.05) is 13.1 Å². The fourth-order valence-corrected chi connectivity index (χ4v) is 2.15. The summed E-state index contributed by atoms with van der Waals surface area (Å²) in [5.74, 6) is 0.639. The molecule has 0 bridgehead atoms. The van der Waals surface area contributed by atoms with Crippen molar-refractivity contribution in [3.63, 3.8) is 0 Å². The van der Waals surface area contributed by atoms with Gasteiger partial charge in [-0.05, 0) is 38.3 Å². The van der Waals surface area contributed by atoms with Crippen LogP contribution in [-0.4, -0.2) is 30.1 Å². The van der Waals surface area contributed by atoms with E-state index in [4.69, 9.17) is 10.5 Å². The Morgan fingerprint density at radius 1 is 1.33 bits per heavy atom. The lowest BCUT2D eigenvalue weighted by Gasteiger charge is -2.29. The minimum Gasteiger partial charge on any atom is -0.410 e. The van der Waals surface area contributed by atoms with Gasteiger partial charge in [0.1, 0.15) is 5.75 Å². The van der Waals surface area contributed by atoms with Crippen LogP contribution in [0.15, 0.2) is 18.2 Å². The van der Waals surface area contributed by atoms with Crippen molar-refractivity contribution < 1.29 is 9.53 Å². The van der Waals surface area contributed by atoms with Gasteiger partial charge < -0.3 is 15.4 Å². The summed E-state index contributed by atoms with van der Waals surface area (Å²) in [5, 5.41) is 0. The fraction of sp³-hybridized carbons (Fsp3) is 0.500. The van der Waals surface area contributed by atoms with E-state index in [1.807, 2.05) is 32.0 Å². The molecule has 1 aliphatic rings. The number of nitrogens with zero attached hydrogens (tertiary/aromatic N) is 1. The van der Waals surface area contributed by atoms with E-state index in [0.29, 0.717) is 18.8 Å². The third kappa shape index (κ3) is 3.01. The second-order valence-corrected chi connectivity index (χ2v) is 4.96. The Bertz CT molecular complexity index is 437. The number of carbonyl (C=O) groups is 1. The SMILES string of the molecule is Cc1ccc(OC(=O)N2CCC(N)CC2)c(C)c1. The topological polar surface area (TPSA) is 55.6 Å². The van der Waals surface area contributed by atoms with Crippen LogP contribution in [0.5, 0.6) is 5.75 Å². The molecule has 4 heteroatoms. The molecule has 1 amide bonds. The van der Waals surface area contributed by atoms with E-state index in [-0.39, 0.29) is 12.1 Å². The molecule has 1 saturated heterocycles. The number of aryl methyl sites for hydroxylation is 2. The number of likely N-dealkylation sites (tertiary alicyclic amines) is 1. The second kappa shape index (κ2) is 5.40. The summed E-state index contributed by atoms with van der Waals surface area (Å²) in [6.45, 7) is 5.34. The summed E-state index contributed by atoms with van der Waals surface area (Å²) in [5.41, 5.74) is 7.96. The highest BCUT2D eigenvalue weighted by Crippen LogP contribution is 2.20. The van der Waals surface area contributed by atoms with Gasteiger partial charge in [0.15, 0.2) is 0 Å². The summed E-state index contributed by atoms with van der Waals surface area (Å²) in [6, 6.07) is 6.02. The molecule has 0 radical (unpaired) electrons. The number of hydrogen-bond donors (Lipinski definition) is 1. The zero-order chi connectivity index (χ0) is 13.1. The maximum Gasteiger partial charge on any atom is 0.415 e. The largest absolute Gasteiger partial charge is 0.415 e. The Morgan fingerprint density at radius 3 is 2.61 bits per heavy atom. The van der Waals surface area contributed by atoms with Gasteiger partial charge in [0, 0.05) is 19.1 Å². The summed E-state index contributed by atoms with van der Waals surface area (Å²) in [6.07, 6.45) is 1.43. The number of piperidine rings is 1. The minimum atomic E-state index is -0.270. The van der Waals surface area contributed by atoms with Crippen LogP contribution in [0.1, 0.15) is 24.0 Å². The highest BCUT2D eigenvalue weighted by atomic mass is 16.6. The molecule has 0 aliphatic carbocycles. The van der Waals surface area contributed by atoms with Gasteiger partial charge in [-0.3, -0.25) is 0 Å². The molecule has 1 heterocycles. The second-order valence-electron chi connectivity index (χ2n) is 4.96. The van der Waals surface area contributed by atoms with Crippen molar-refractivity contribution in [1.29, 1.82) is 0 Å². The van der Waals surface area contributed by atoms with Gasteiger partial charge in [-0.2, -0.15) is 0 Å². The molecule has 2 N–H and O–H groups in total. The molecule has 0 aromatic heterocycles. The molecule has 1 aromatic rings. The van der Waals surface area contributed by atoms with Crippen molar-refractivity contribution in [3.8, 4) is 5.75 Å². The zero-order valence-electron chi connectivity index (χ0n) is 11.0. The van der Waals surface area contributed by atoms with Crippen LogP contribution >= 0.6 is 0 Å². The summed E-state index contributed by atoms with van der Waals surface area (Å²) >= 11 is 0. The Hall–Kier alpha value is -1.55. The Balaban J connectivity index is 1.98. The number of carbonyl (C=O) groups excluding carboxylic acids is 1. The number of amides is 1. The van der Waals surface area contributed by atoms with E-state index in [2.05, 4.69) is 0 Å². The van der Waals surface area contributed by atoms with Gasteiger partial charge in [-0.15, -0.1) is 0 Å². The van der Waals surface area contributed by atoms with Gasteiger partial charge in [-0.25, -0.2) is 4.79 Å². The standard InChI is InChI=1S/C14H20N2O2/c1-10-3-4-13(11(2)9-10)18-14(17)16-7-5-12(15)6-8-16/h3-4,9,12H,5-8,15H2,1-2H3. The lowest BCUT2D eigenvalue weighted by atomic mass is 10.1. The first-order valence-electron chi connectivity index (χ1n) is 6.36. The van der Waals surface area contributed by atoms with Crippen molar-refractivity contribution in [2.45, 2.75) is 32.7 Å². The Labute approximate surface area is 108 Å². The molecule has 1 fully saturated rings. The number of hydrogen-bond acceptors (Lipinski definition) is 3. The third-order valence-corrected chi connectivity index (χ3v) is 3.33. The van der Waals surface area contributed by atoms with Crippen molar-refractivity contribution in [1.82, 2.24) is 4.90 Å². The third-order valence-electron chi connectivity index (χ3n) is 3.33. The highest BCUT2D eigenvalue weighted by molar-refractivity contribution is 5.71. The number of ether oxygens (including phenoxy) is 1. The molecule has 0 atom stereocenters. The van der Waals surface area contributed by atoms with E-state index in [1.165, 1.54) is 0 Å². The van der Waals surface area contributed by atoms with E-state index in [0.717, 1.165) is 24.0 Å². The highest BCUT2D eigenvalue weighted by Gasteiger charge is 2.22. The van der Waals surface area contributed by atoms with E-state index < -0.39 is 0 Å². The van der Waals surface area contributed by atoms with Crippen LogP contribution in [0.2, 0.25) is 0 Å². The smallest absolute Gasteiger partial charge is 0.410 e. The van der Waals surface area contributed by atoms with E-state index >= 15 is 0 Å². The summed E-state index contributed by atoms with van der Waals surface area (Å²) < 4.78 is 5.42. The van der Waals surface area contributed by atoms with Gasteiger partial charge >= 0.3 is 6.09 Å². The van der Waals surface area contributed by atoms with E-state index in [9.17, 15) is 4.79 Å². The molecule has 1 aliphatic heterocycles. The molecule has 4 nitrogen and oxygen atoms in total. The number of nitrogens with two attached hydrogens (primary N) is 1. The molecule has 1 aromatic carbocycles. The van der Waals surface area contributed by atoms with Crippen LogP contribution < -0.4 is 10.5 Å². The summed E-state index contributed by atoms with van der Waals surface area (Å²) in [4.78, 5) is 13.7. The molecular weight excluding hydrogens is 228 g/mol. The predicted octanol–water partition coefficient (Wildman–Crippen LogP) is 2.23. The first-order chi connectivity index (χ1) is 8.56. The molecule has 2 rings (SSSR count). The van der Waals surface area contributed by atoms with Gasteiger partial charge in [0.2, 0.25) is 0 Å². The van der Waals surface area contributed by atoms with Gasteiger partial charge in [0.05, 0.1) is 0 Å². The number of benzene rings is 1. The van der Waals surface area contributed by atoms with Crippen molar-refractivity contribution >= 4 is 6.09 Å². The Kier molecular flexibility index (Phi) is 3.87. The van der Waals surface area contributed by atoms with Crippen LogP contribution in [0, 0.1) is 13.8 Å². The molecule has 98 valence electrons. The maximum atomic E-state index is 12.0. The average molecular weight is 248 g/mol. The molecule has 0 unspecified atom stereocenters. The first-order valence-corrected chi connectivity index (χ1v) is 6.36. The minimum absolute atomic E-state index is 0.218. The molecule has 0 saturated carbocycles. The van der Waals surface area contributed by atoms with Crippen LogP contribution in [0.25, 0.3) is 0 Å². The van der Waals surface area contributed by atoms with Crippen molar-refractivity contribution in [3.05, 3.63) is 29.3 Å². The average Bonchev–Trinajstić information content (AvgIpc) is 2.33. The monoisotopic (exact) mass is 248 g/mol. The van der Waals surface area contributed by atoms with Crippen LogP contribution in [-0.2, 0) is 0 Å². The predicted molar refractivity (Wildman–Crippen MR) is 70.7 cm³/mol. The van der Waals surface area contributed by atoms with Gasteiger partial charge in [0.25, 0.3) is 0 Å². The zero-order valence-corrected chi connectivity index (χ0v) is 11.0. The lowest BCUT2D eigenvalue weighted by Crippen LogP contribution is -2.44. The first kappa shape index (κ1) is 12.9. The molecule has 18 heavy (non-hydrogen) atoms. The summed E-state index contributed by atoms with van der Waals surface area (Å²) in [7, 11) is 0. The Morgan fingerprint density at radius 2 is 2.00 bits per heavy atom. The molecule has 0 spiro atoms. The lowest BCUT2D eigenvalue weighted by molar-refractivity contribution is 0.139. The molecular formula is C14H20N2O2. The maximum absolute atomic E-state index is 12.0. The van der Waals surface area contributed by atoms with Crippen LogP contribution in [0.3, 0.4) is 0 Å². The number of rotatable bonds is 1. The van der Waals surface area contributed by atoms with Crippen molar-refractivity contribution in [2.24, 2.45) is 5.73 Å². The fourth-order valence-electron chi connectivity index (χ4n) is 2.15. The quantitative estimate of drug-likeness (QED) is 0.829. The van der Waals surface area contributed by atoms with Gasteiger partial charge in [-0.1, -0.05) is 17.7 Å². The normalized spacial score (nSPS) is 16.7. The van der Waals surface area contributed by atoms with Crippen LogP contribution in [0.4, 0.5) is 4.79 Å².